The fourth-order valence-corrected chi connectivity index (χ4v) is 5.90. The highest BCUT2D eigenvalue weighted by molar-refractivity contribution is 7.92. The molecule has 0 spiro atoms. The Balaban J connectivity index is 0.00000400. The number of nitrogens with one attached hydrogen (secondary N) is 1. The van der Waals surface area contributed by atoms with Gasteiger partial charge in [0.05, 0.1) is 22.2 Å². The molecule has 0 aliphatic rings. The highest BCUT2D eigenvalue weighted by Gasteiger charge is 2.22. The number of hydrogen-bond donors (Lipinski definition) is 1. The first-order chi connectivity index (χ1) is 17.8. The molecule has 1 amide bonds. The van der Waals surface area contributed by atoms with Gasteiger partial charge in [-0.1, -0.05) is 37.3 Å². The van der Waals surface area contributed by atoms with E-state index in [1.54, 1.807) is 41.3 Å². The third-order valence-corrected chi connectivity index (χ3v) is 8.50. The number of aromatic nitrogens is 1. The van der Waals surface area contributed by atoms with Crippen molar-refractivity contribution in [3.8, 4) is 5.75 Å². The van der Waals surface area contributed by atoms with E-state index >= 15 is 0 Å². The van der Waals surface area contributed by atoms with E-state index in [0.29, 0.717) is 35.2 Å². The van der Waals surface area contributed by atoms with E-state index in [1.165, 1.54) is 30.6 Å². The topological polar surface area (TPSA) is 91.8 Å². The molecule has 202 valence electrons. The fraction of sp³-hybridized carbons (Fsp3) is 0.259. The summed E-state index contributed by atoms with van der Waals surface area (Å²) in [7, 11) is -2.26. The monoisotopic (exact) mass is 574 g/mol. The van der Waals surface area contributed by atoms with Gasteiger partial charge in [0.15, 0.2) is 5.13 Å². The van der Waals surface area contributed by atoms with Gasteiger partial charge in [0, 0.05) is 24.3 Å². The number of hydrogen-bond acceptors (Lipinski definition) is 7. The highest BCUT2D eigenvalue weighted by atomic mass is 35.5. The van der Waals surface area contributed by atoms with Crippen LogP contribution < -0.4 is 14.4 Å². The number of nitrogens with zero attached hydrogens (tertiary/aromatic N) is 3. The van der Waals surface area contributed by atoms with Crippen molar-refractivity contribution in [2.45, 2.75) is 18.7 Å². The zero-order valence-electron chi connectivity index (χ0n) is 21.5. The molecule has 1 aromatic heterocycles. The smallest absolute Gasteiger partial charge is 0.261 e. The molecular formula is C27H31ClN4O4S2. The SMILES string of the molecule is CCN(CC)CCN(C(=O)c1ccc(NS(=O)(=O)c2ccc(OC)cc2)cc1)c1nc2ccccc2s1.Cl. The first-order valence-corrected chi connectivity index (χ1v) is 14.3. The summed E-state index contributed by atoms with van der Waals surface area (Å²) in [4.78, 5) is 22.4. The van der Waals surface area contributed by atoms with E-state index in [0.717, 1.165) is 23.3 Å². The molecule has 0 radical (unpaired) electrons. The predicted octanol–water partition coefficient (Wildman–Crippen LogP) is 5.52. The second-order valence-corrected chi connectivity index (χ2v) is 11.0. The van der Waals surface area contributed by atoms with Crippen LogP contribution in [0.15, 0.2) is 77.7 Å². The molecule has 0 aliphatic heterocycles. The van der Waals surface area contributed by atoms with Crippen LogP contribution in [0.1, 0.15) is 24.2 Å². The van der Waals surface area contributed by atoms with Gasteiger partial charge in [-0.2, -0.15) is 0 Å². The summed E-state index contributed by atoms with van der Waals surface area (Å²) in [6.45, 7) is 7.18. The summed E-state index contributed by atoms with van der Waals surface area (Å²) in [5.41, 5.74) is 1.67. The number of likely N-dealkylation sites (N-methyl/N-ethyl adjacent to an activating group) is 1. The second-order valence-electron chi connectivity index (χ2n) is 8.31. The highest BCUT2D eigenvalue weighted by Crippen LogP contribution is 2.30. The number of fused-ring (bicyclic) bond motifs is 1. The molecule has 4 rings (SSSR count). The van der Waals surface area contributed by atoms with Crippen molar-refractivity contribution in [1.82, 2.24) is 9.88 Å². The number of sulfonamides is 1. The zero-order chi connectivity index (χ0) is 26.4. The minimum Gasteiger partial charge on any atom is -0.497 e. The predicted molar refractivity (Wildman–Crippen MR) is 157 cm³/mol. The zero-order valence-corrected chi connectivity index (χ0v) is 23.9. The lowest BCUT2D eigenvalue weighted by molar-refractivity contribution is 0.0984. The molecule has 1 heterocycles. The van der Waals surface area contributed by atoms with E-state index in [-0.39, 0.29) is 23.2 Å². The van der Waals surface area contributed by atoms with Crippen molar-refractivity contribution in [2.24, 2.45) is 0 Å². The van der Waals surface area contributed by atoms with E-state index in [4.69, 9.17) is 9.72 Å². The van der Waals surface area contributed by atoms with Crippen molar-refractivity contribution in [3.63, 3.8) is 0 Å². The van der Waals surface area contributed by atoms with Gasteiger partial charge in [-0.15, -0.1) is 12.4 Å². The van der Waals surface area contributed by atoms with Gasteiger partial charge in [-0.05, 0) is 73.8 Å². The molecule has 4 aromatic rings. The molecule has 1 N–H and O–H groups in total. The molecule has 0 bridgehead atoms. The number of benzene rings is 3. The van der Waals surface area contributed by atoms with Gasteiger partial charge >= 0.3 is 0 Å². The number of thiazole rings is 1. The number of halogens is 1. The molecule has 0 aliphatic carbocycles. The van der Waals surface area contributed by atoms with Crippen LogP contribution in [0.25, 0.3) is 10.2 Å². The summed E-state index contributed by atoms with van der Waals surface area (Å²) in [5.74, 6) is 0.385. The van der Waals surface area contributed by atoms with E-state index < -0.39 is 10.0 Å². The third-order valence-electron chi connectivity index (χ3n) is 6.05. The Morgan fingerprint density at radius 3 is 2.21 bits per heavy atom. The third kappa shape index (κ3) is 6.82. The van der Waals surface area contributed by atoms with Crippen molar-refractivity contribution in [1.29, 1.82) is 0 Å². The van der Waals surface area contributed by atoms with E-state index in [2.05, 4.69) is 23.5 Å². The average molecular weight is 575 g/mol. The molecular weight excluding hydrogens is 544 g/mol. The van der Waals surface area contributed by atoms with Crippen molar-refractivity contribution in [2.75, 3.05) is 42.9 Å². The maximum atomic E-state index is 13.6. The molecule has 0 unspecified atom stereocenters. The lowest BCUT2D eigenvalue weighted by Gasteiger charge is -2.24. The van der Waals surface area contributed by atoms with Gasteiger partial charge in [0.25, 0.3) is 15.9 Å². The van der Waals surface area contributed by atoms with Crippen LogP contribution in [-0.2, 0) is 10.0 Å². The van der Waals surface area contributed by atoms with Crippen molar-refractivity contribution < 1.29 is 17.9 Å². The Labute approximate surface area is 233 Å². The van der Waals surface area contributed by atoms with Crippen LogP contribution >= 0.6 is 23.7 Å². The number of para-hydroxylation sites is 1. The van der Waals surface area contributed by atoms with Crippen LogP contribution in [0.2, 0.25) is 0 Å². The molecule has 3 aromatic carbocycles. The summed E-state index contributed by atoms with van der Waals surface area (Å²) in [5, 5.41) is 0.641. The van der Waals surface area contributed by atoms with Gasteiger partial charge < -0.3 is 9.64 Å². The molecule has 8 nitrogen and oxygen atoms in total. The average Bonchev–Trinajstić information content (AvgIpc) is 3.35. The quantitative estimate of drug-likeness (QED) is 0.254. The van der Waals surface area contributed by atoms with Crippen LogP contribution in [0, 0.1) is 0 Å². The van der Waals surface area contributed by atoms with Crippen LogP contribution in [0.4, 0.5) is 10.8 Å². The molecule has 38 heavy (non-hydrogen) atoms. The maximum absolute atomic E-state index is 13.6. The number of amides is 1. The van der Waals surface area contributed by atoms with Crippen LogP contribution in [0.5, 0.6) is 5.75 Å². The maximum Gasteiger partial charge on any atom is 0.261 e. The standard InChI is InChI=1S/C27H30N4O4S2.ClH/c1-4-30(5-2)18-19-31(27-28-24-8-6-7-9-25(24)36-27)26(32)20-10-12-21(13-11-20)29-37(33,34)23-16-14-22(35-3)15-17-23;/h6-17,29H,4-5,18-19H2,1-3H3;1H. The van der Waals surface area contributed by atoms with Gasteiger partial charge in [-0.25, -0.2) is 13.4 Å². The van der Waals surface area contributed by atoms with Crippen LogP contribution in [-0.4, -0.2) is 57.5 Å². The lowest BCUT2D eigenvalue weighted by Crippen LogP contribution is -2.38. The Kier molecular flexibility index (Phi) is 10.1. The first kappa shape index (κ1) is 29.4. The Morgan fingerprint density at radius 1 is 0.947 bits per heavy atom. The Bertz CT molecular complexity index is 1420. The molecule has 11 heteroatoms. The molecule has 0 saturated carbocycles. The first-order valence-electron chi connectivity index (χ1n) is 12.0. The molecule has 0 atom stereocenters. The number of carbonyl (C=O) groups is 1. The molecule has 0 saturated heterocycles. The summed E-state index contributed by atoms with van der Waals surface area (Å²) < 4.78 is 34.2. The van der Waals surface area contributed by atoms with E-state index in [9.17, 15) is 13.2 Å². The Morgan fingerprint density at radius 2 is 1.61 bits per heavy atom. The summed E-state index contributed by atoms with van der Waals surface area (Å²) in [6.07, 6.45) is 0. The number of anilines is 2. The fourth-order valence-electron chi connectivity index (χ4n) is 3.85. The van der Waals surface area contributed by atoms with Crippen molar-refractivity contribution >= 4 is 60.7 Å². The minimum atomic E-state index is -3.78. The number of ether oxygens (including phenoxy) is 1. The summed E-state index contributed by atoms with van der Waals surface area (Å²) in [6, 6.07) is 20.4. The van der Waals surface area contributed by atoms with Crippen molar-refractivity contribution in [3.05, 3.63) is 78.4 Å². The number of methoxy groups -OCH3 is 1. The Hall–Kier alpha value is -3.18. The summed E-state index contributed by atoms with van der Waals surface area (Å²) >= 11 is 1.48. The minimum absolute atomic E-state index is 0. The normalized spacial score (nSPS) is 11.3. The van der Waals surface area contributed by atoms with Gasteiger partial charge in [-0.3, -0.25) is 14.4 Å². The van der Waals surface area contributed by atoms with Gasteiger partial charge in [0.1, 0.15) is 5.75 Å². The van der Waals surface area contributed by atoms with Crippen LogP contribution in [0.3, 0.4) is 0 Å². The second kappa shape index (κ2) is 13.1. The molecule has 0 fully saturated rings. The largest absolute Gasteiger partial charge is 0.497 e. The number of carbonyl (C=O) groups excluding carboxylic acids is 1. The van der Waals surface area contributed by atoms with Gasteiger partial charge in [0.2, 0.25) is 0 Å². The number of rotatable bonds is 11. The lowest BCUT2D eigenvalue weighted by atomic mass is 10.2. The van der Waals surface area contributed by atoms with E-state index in [1.807, 2.05) is 24.3 Å².